The van der Waals surface area contributed by atoms with E-state index in [1.165, 1.54) is 17.8 Å². The van der Waals surface area contributed by atoms with Gasteiger partial charge in [-0.2, -0.15) is 5.10 Å². The van der Waals surface area contributed by atoms with Gasteiger partial charge < -0.3 is 10.6 Å². The van der Waals surface area contributed by atoms with Gasteiger partial charge in [-0.25, -0.2) is 0 Å². The maximum absolute atomic E-state index is 4.65. The number of anilines is 2. The molecule has 0 spiro atoms. The van der Waals surface area contributed by atoms with Crippen LogP contribution in [0, 0.1) is 5.41 Å². The van der Waals surface area contributed by atoms with Crippen molar-refractivity contribution in [3.05, 3.63) is 5.69 Å². The predicted molar refractivity (Wildman–Crippen MR) is 81.8 cm³/mol. The molecule has 1 unspecified atom stereocenters. The van der Waals surface area contributed by atoms with Crippen molar-refractivity contribution in [2.45, 2.75) is 59.4 Å². The molecule has 0 saturated heterocycles. The van der Waals surface area contributed by atoms with Crippen molar-refractivity contribution < 1.29 is 0 Å². The molecule has 2 rings (SSSR count). The van der Waals surface area contributed by atoms with E-state index in [0.29, 0.717) is 11.5 Å². The van der Waals surface area contributed by atoms with E-state index in [9.17, 15) is 0 Å². The van der Waals surface area contributed by atoms with Crippen molar-refractivity contribution in [2.75, 3.05) is 17.2 Å². The summed E-state index contributed by atoms with van der Waals surface area (Å²) in [4.78, 5) is 0. The summed E-state index contributed by atoms with van der Waals surface area (Å²) >= 11 is 0. The lowest BCUT2D eigenvalue weighted by atomic mass is 9.87. The fraction of sp³-hybridized carbons (Fsp3) is 0.800. The average Bonchev–Trinajstić information content (AvgIpc) is 2.48. The molecule has 108 valence electrons. The minimum absolute atomic E-state index is 0.354. The molecule has 0 aliphatic carbocycles. The Morgan fingerprint density at radius 2 is 2.11 bits per heavy atom. The lowest BCUT2D eigenvalue weighted by molar-refractivity contribution is 0.344. The van der Waals surface area contributed by atoms with Gasteiger partial charge in [0, 0.05) is 19.6 Å². The molecule has 0 aromatic carbocycles. The van der Waals surface area contributed by atoms with Crippen LogP contribution < -0.4 is 10.6 Å². The van der Waals surface area contributed by atoms with E-state index < -0.39 is 0 Å². The zero-order valence-corrected chi connectivity index (χ0v) is 13.0. The maximum atomic E-state index is 4.65. The van der Waals surface area contributed by atoms with Gasteiger partial charge in [0.25, 0.3) is 0 Å². The molecule has 4 heteroatoms. The Morgan fingerprint density at radius 1 is 1.37 bits per heavy atom. The van der Waals surface area contributed by atoms with E-state index in [0.717, 1.165) is 31.6 Å². The Morgan fingerprint density at radius 3 is 2.74 bits per heavy atom. The van der Waals surface area contributed by atoms with E-state index >= 15 is 0 Å². The Labute approximate surface area is 117 Å². The van der Waals surface area contributed by atoms with Crippen LogP contribution in [0.25, 0.3) is 0 Å². The predicted octanol–water partition coefficient (Wildman–Crippen LogP) is 3.40. The molecule has 1 aliphatic heterocycles. The average molecular weight is 264 g/mol. The highest BCUT2D eigenvalue weighted by molar-refractivity contribution is 5.69. The van der Waals surface area contributed by atoms with E-state index in [4.69, 9.17) is 0 Å². The highest BCUT2D eigenvalue weighted by Crippen LogP contribution is 2.32. The molecule has 0 amide bonds. The summed E-state index contributed by atoms with van der Waals surface area (Å²) in [5.41, 5.74) is 2.78. The standard InChI is InChI=1S/C15H28N4/c1-6-7-12-13-14(19(5)18-12)17-11(8-9-16-13)10-15(2,3)4/h11,16-17H,6-10H2,1-5H3. The van der Waals surface area contributed by atoms with Crippen molar-refractivity contribution >= 4 is 11.5 Å². The lowest BCUT2D eigenvalue weighted by Gasteiger charge is -2.26. The summed E-state index contributed by atoms with van der Waals surface area (Å²) in [6.07, 6.45) is 4.53. The molecule has 4 nitrogen and oxygen atoms in total. The first-order valence-corrected chi connectivity index (χ1v) is 7.47. The molecular formula is C15H28N4. The van der Waals surface area contributed by atoms with Crippen LogP contribution in [-0.2, 0) is 13.5 Å². The minimum Gasteiger partial charge on any atom is -0.380 e. The summed E-state index contributed by atoms with van der Waals surface area (Å²) in [5, 5.41) is 11.9. The molecule has 2 N–H and O–H groups in total. The molecule has 0 fully saturated rings. The highest BCUT2D eigenvalue weighted by Gasteiger charge is 2.25. The number of hydrogen-bond donors (Lipinski definition) is 2. The summed E-state index contributed by atoms with van der Waals surface area (Å²) in [5.74, 6) is 1.16. The molecule has 1 atom stereocenters. The summed E-state index contributed by atoms with van der Waals surface area (Å²) in [6.45, 7) is 10.1. The third-order valence-corrected chi connectivity index (χ3v) is 3.60. The molecule has 1 aliphatic rings. The third kappa shape index (κ3) is 3.43. The van der Waals surface area contributed by atoms with Gasteiger partial charge in [0.15, 0.2) is 0 Å². The van der Waals surface area contributed by atoms with Crippen LogP contribution in [-0.4, -0.2) is 22.4 Å². The van der Waals surface area contributed by atoms with E-state index in [-0.39, 0.29) is 0 Å². The van der Waals surface area contributed by atoms with Crippen LogP contribution in [0.15, 0.2) is 0 Å². The van der Waals surface area contributed by atoms with Crippen molar-refractivity contribution in [3.63, 3.8) is 0 Å². The number of aromatic nitrogens is 2. The van der Waals surface area contributed by atoms with E-state index in [1.807, 2.05) is 11.7 Å². The summed E-state index contributed by atoms with van der Waals surface area (Å²) in [7, 11) is 2.03. The maximum Gasteiger partial charge on any atom is 0.148 e. The van der Waals surface area contributed by atoms with Crippen LogP contribution in [0.3, 0.4) is 0 Å². The second-order valence-corrected chi connectivity index (χ2v) is 6.87. The van der Waals surface area contributed by atoms with Gasteiger partial charge in [0.05, 0.1) is 5.69 Å². The largest absolute Gasteiger partial charge is 0.380 e. The summed E-state index contributed by atoms with van der Waals surface area (Å²) < 4.78 is 1.99. The van der Waals surface area contributed by atoms with Crippen LogP contribution >= 0.6 is 0 Å². The van der Waals surface area contributed by atoms with Gasteiger partial charge in [-0.15, -0.1) is 0 Å². The second kappa shape index (κ2) is 5.43. The SMILES string of the molecule is CCCc1nn(C)c2c1NCCC(CC(C)(C)C)N2. The van der Waals surface area contributed by atoms with Gasteiger partial charge in [0.1, 0.15) is 11.5 Å². The smallest absolute Gasteiger partial charge is 0.148 e. The molecule has 19 heavy (non-hydrogen) atoms. The number of fused-ring (bicyclic) bond motifs is 1. The van der Waals surface area contributed by atoms with Crippen molar-refractivity contribution in [2.24, 2.45) is 12.5 Å². The number of nitrogens with one attached hydrogen (secondary N) is 2. The molecule has 1 aromatic heterocycles. The number of nitrogens with zero attached hydrogens (tertiary/aromatic N) is 2. The van der Waals surface area contributed by atoms with Crippen molar-refractivity contribution in [1.82, 2.24) is 9.78 Å². The Bertz CT molecular complexity index is 428. The first kappa shape index (κ1) is 14.2. The Balaban J connectivity index is 2.20. The van der Waals surface area contributed by atoms with Crippen LogP contribution in [0.4, 0.5) is 11.5 Å². The zero-order valence-electron chi connectivity index (χ0n) is 13.0. The zero-order chi connectivity index (χ0) is 14.0. The van der Waals surface area contributed by atoms with Gasteiger partial charge in [-0.1, -0.05) is 34.1 Å². The van der Waals surface area contributed by atoms with Crippen LogP contribution in [0.1, 0.15) is 52.7 Å². The second-order valence-electron chi connectivity index (χ2n) is 6.87. The number of aryl methyl sites for hydroxylation is 2. The van der Waals surface area contributed by atoms with Crippen LogP contribution in [0.5, 0.6) is 0 Å². The van der Waals surface area contributed by atoms with Crippen LogP contribution in [0.2, 0.25) is 0 Å². The molecule has 1 aromatic rings. The van der Waals surface area contributed by atoms with Crippen molar-refractivity contribution in [1.29, 1.82) is 0 Å². The minimum atomic E-state index is 0.354. The molecule has 0 bridgehead atoms. The topological polar surface area (TPSA) is 41.9 Å². The Hall–Kier alpha value is -1.19. The first-order chi connectivity index (χ1) is 8.90. The molecular weight excluding hydrogens is 236 g/mol. The molecule has 0 saturated carbocycles. The third-order valence-electron chi connectivity index (χ3n) is 3.60. The van der Waals surface area contributed by atoms with E-state index in [1.54, 1.807) is 0 Å². The fourth-order valence-corrected chi connectivity index (χ4v) is 2.87. The number of rotatable bonds is 3. The van der Waals surface area contributed by atoms with Gasteiger partial charge >= 0.3 is 0 Å². The normalized spacial score (nSPS) is 19.3. The fourth-order valence-electron chi connectivity index (χ4n) is 2.87. The highest BCUT2D eigenvalue weighted by atomic mass is 15.3. The van der Waals surface area contributed by atoms with Gasteiger partial charge in [-0.05, 0) is 24.7 Å². The first-order valence-electron chi connectivity index (χ1n) is 7.47. The summed E-state index contributed by atoms with van der Waals surface area (Å²) in [6, 6.07) is 0.527. The molecule has 0 radical (unpaired) electrons. The van der Waals surface area contributed by atoms with Gasteiger partial charge in [-0.3, -0.25) is 4.68 Å². The Kier molecular flexibility index (Phi) is 4.07. The quantitative estimate of drug-likeness (QED) is 0.879. The number of hydrogen-bond acceptors (Lipinski definition) is 3. The van der Waals surface area contributed by atoms with Gasteiger partial charge in [0.2, 0.25) is 0 Å². The molecule has 2 heterocycles. The lowest BCUT2D eigenvalue weighted by Crippen LogP contribution is -2.27. The monoisotopic (exact) mass is 264 g/mol. The van der Waals surface area contributed by atoms with Crippen molar-refractivity contribution in [3.8, 4) is 0 Å². The van der Waals surface area contributed by atoms with E-state index in [2.05, 4.69) is 43.4 Å².